The first kappa shape index (κ1) is 16.3. The summed E-state index contributed by atoms with van der Waals surface area (Å²) in [4.78, 5) is 0. The Bertz CT molecular complexity index is 405. The van der Waals surface area contributed by atoms with Crippen LogP contribution >= 0.6 is 11.8 Å². The van der Waals surface area contributed by atoms with Crippen molar-refractivity contribution >= 4 is 11.8 Å². The zero-order chi connectivity index (χ0) is 14.5. The van der Waals surface area contributed by atoms with Gasteiger partial charge in [0.25, 0.3) is 0 Å². The summed E-state index contributed by atoms with van der Waals surface area (Å²) in [5, 5.41) is 9.58. The van der Waals surface area contributed by atoms with Crippen LogP contribution in [-0.4, -0.2) is 29.5 Å². The van der Waals surface area contributed by atoms with Gasteiger partial charge in [0.05, 0.1) is 6.61 Å². The van der Waals surface area contributed by atoms with E-state index in [2.05, 4.69) is 0 Å². The molecule has 1 unspecified atom stereocenters. The monoisotopic (exact) mass is 293 g/mol. The number of halogens is 3. The third kappa shape index (κ3) is 4.71. The van der Waals surface area contributed by atoms with Crippen LogP contribution in [0, 0.1) is 6.92 Å². The topological polar surface area (TPSA) is 46.2 Å². The lowest BCUT2D eigenvalue weighted by atomic mass is 9.78. The molecule has 0 heterocycles. The molecule has 6 heteroatoms. The Morgan fingerprint density at radius 2 is 2.00 bits per heavy atom. The van der Waals surface area contributed by atoms with Crippen LogP contribution in [0.3, 0.4) is 0 Å². The first-order valence-corrected chi connectivity index (χ1v) is 6.90. The van der Waals surface area contributed by atoms with Crippen LogP contribution in [0.25, 0.3) is 0 Å². The maximum Gasteiger partial charge on any atom is 0.441 e. The lowest BCUT2D eigenvalue weighted by Gasteiger charge is -2.31. The summed E-state index contributed by atoms with van der Waals surface area (Å²) in [7, 11) is 0. The lowest BCUT2D eigenvalue weighted by Crippen LogP contribution is -2.39. The number of alkyl halides is 3. The van der Waals surface area contributed by atoms with E-state index in [0.717, 1.165) is 11.1 Å². The summed E-state index contributed by atoms with van der Waals surface area (Å²) in [6.45, 7) is 1.75. The van der Waals surface area contributed by atoms with Gasteiger partial charge in [-0.25, -0.2) is 0 Å². The van der Waals surface area contributed by atoms with Gasteiger partial charge in [0.1, 0.15) is 0 Å². The molecule has 0 spiro atoms. The quantitative estimate of drug-likeness (QED) is 0.848. The molecule has 0 bridgehead atoms. The molecule has 108 valence electrons. The van der Waals surface area contributed by atoms with E-state index in [9.17, 15) is 18.3 Å². The Hall–Kier alpha value is -0.720. The second-order valence-corrected chi connectivity index (χ2v) is 5.72. The van der Waals surface area contributed by atoms with Crippen molar-refractivity contribution in [2.24, 2.45) is 5.73 Å². The highest BCUT2D eigenvalue weighted by Crippen LogP contribution is 2.35. The van der Waals surface area contributed by atoms with Gasteiger partial charge < -0.3 is 10.8 Å². The highest BCUT2D eigenvalue weighted by molar-refractivity contribution is 8.00. The molecule has 1 aromatic rings. The average Bonchev–Trinajstić information content (AvgIpc) is 2.34. The molecule has 3 N–H and O–H groups in total. The molecule has 0 radical (unpaired) electrons. The zero-order valence-corrected chi connectivity index (χ0v) is 11.5. The van der Waals surface area contributed by atoms with Gasteiger partial charge >= 0.3 is 5.51 Å². The highest BCUT2D eigenvalue weighted by Gasteiger charge is 2.33. The molecule has 19 heavy (non-hydrogen) atoms. The van der Waals surface area contributed by atoms with E-state index >= 15 is 0 Å². The molecular weight excluding hydrogens is 275 g/mol. The summed E-state index contributed by atoms with van der Waals surface area (Å²) >= 11 is -0.0766. The molecule has 0 amide bonds. The fraction of sp³-hybridized carbons (Fsp3) is 0.538. The third-order valence-corrected chi connectivity index (χ3v) is 3.91. The molecule has 0 aliphatic heterocycles. The van der Waals surface area contributed by atoms with E-state index in [1.54, 1.807) is 6.07 Å². The summed E-state index contributed by atoms with van der Waals surface area (Å²) in [6.07, 6.45) is 0.188. The van der Waals surface area contributed by atoms with E-state index in [-0.39, 0.29) is 37.1 Å². The summed E-state index contributed by atoms with van der Waals surface area (Å²) in [6, 6.07) is 7.38. The number of aryl methyl sites for hydroxylation is 1. The minimum Gasteiger partial charge on any atom is -0.395 e. The van der Waals surface area contributed by atoms with Crippen LogP contribution in [-0.2, 0) is 5.41 Å². The van der Waals surface area contributed by atoms with Crippen molar-refractivity contribution in [3.8, 4) is 0 Å². The van der Waals surface area contributed by atoms with Crippen LogP contribution in [0.1, 0.15) is 17.5 Å². The maximum absolute atomic E-state index is 12.2. The number of thioether (sulfide) groups is 1. The molecule has 0 saturated heterocycles. The van der Waals surface area contributed by atoms with Crippen molar-refractivity contribution < 1.29 is 18.3 Å². The highest BCUT2D eigenvalue weighted by atomic mass is 32.2. The number of hydrogen-bond donors (Lipinski definition) is 2. The largest absolute Gasteiger partial charge is 0.441 e. The first-order valence-electron chi connectivity index (χ1n) is 5.92. The molecule has 0 aliphatic carbocycles. The number of rotatable bonds is 6. The van der Waals surface area contributed by atoms with Crippen LogP contribution in [0.4, 0.5) is 13.2 Å². The van der Waals surface area contributed by atoms with Gasteiger partial charge in [-0.1, -0.05) is 41.6 Å². The molecule has 1 rings (SSSR count). The smallest absolute Gasteiger partial charge is 0.395 e. The van der Waals surface area contributed by atoms with E-state index in [0.29, 0.717) is 0 Å². The van der Waals surface area contributed by atoms with Crippen molar-refractivity contribution in [1.82, 2.24) is 0 Å². The van der Waals surface area contributed by atoms with Crippen LogP contribution in [0.2, 0.25) is 0 Å². The Morgan fingerprint density at radius 1 is 1.32 bits per heavy atom. The van der Waals surface area contributed by atoms with E-state index < -0.39 is 10.9 Å². The number of nitrogens with two attached hydrogens (primary N) is 1. The standard InChI is InChI=1S/C13H18F3NOS/c1-10-3-2-4-11(7-10)12(8-17,9-18)5-6-19-13(14,15)16/h2-4,7,18H,5-6,8-9,17H2,1H3. The Balaban J connectivity index is 2.85. The fourth-order valence-electron chi connectivity index (χ4n) is 1.94. The number of aliphatic hydroxyl groups excluding tert-OH is 1. The predicted octanol–water partition coefficient (Wildman–Crippen LogP) is 2.83. The summed E-state index contributed by atoms with van der Waals surface area (Å²) < 4.78 is 36.5. The molecule has 1 aromatic carbocycles. The molecule has 0 saturated carbocycles. The first-order chi connectivity index (χ1) is 8.83. The Labute approximate surface area is 115 Å². The van der Waals surface area contributed by atoms with Crippen molar-refractivity contribution in [1.29, 1.82) is 0 Å². The third-order valence-electron chi connectivity index (χ3n) is 3.17. The van der Waals surface area contributed by atoms with E-state index in [1.807, 2.05) is 25.1 Å². The minimum atomic E-state index is -4.25. The average molecular weight is 293 g/mol. The van der Waals surface area contributed by atoms with Gasteiger partial charge in [0, 0.05) is 17.7 Å². The maximum atomic E-state index is 12.2. The second-order valence-electron chi connectivity index (χ2n) is 4.56. The molecule has 0 aromatic heterocycles. The van der Waals surface area contributed by atoms with Crippen molar-refractivity contribution in [2.75, 3.05) is 18.9 Å². The van der Waals surface area contributed by atoms with Crippen LogP contribution < -0.4 is 5.73 Å². The van der Waals surface area contributed by atoms with E-state index in [4.69, 9.17) is 5.73 Å². The molecule has 1 atom stereocenters. The van der Waals surface area contributed by atoms with Gasteiger partial charge in [-0.05, 0) is 18.9 Å². The number of hydrogen-bond acceptors (Lipinski definition) is 3. The Kier molecular flexibility index (Phi) is 5.70. The summed E-state index contributed by atoms with van der Waals surface area (Å²) in [5.74, 6) is -0.116. The number of benzene rings is 1. The zero-order valence-electron chi connectivity index (χ0n) is 10.7. The lowest BCUT2D eigenvalue weighted by molar-refractivity contribution is -0.0329. The van der Waals surface area contributed by atoms with Crippen LogP contribution in [0.5, 0.6) is 0 Å². The van der Waals surface area contributed by atoms with Gasteiger partial charge in [0.2, 0.25) is 0 Å². The molecule has 0 aliphatic rings. The molecule has 2 nitrogen and oxygen atoms in total. The predicted molar refractivity (Wildman–Crippen MR) is 72.1 cm³/mol. The van der Waals surface area contributed by atoms with Crippen molar-refractivity contribution in [2.45, 2.75) is 24.3 Å². The van der Waals surface area contributed by atoms with Crippen molar-refractivity contribution in [3.63, 3.8) is 0 Å². The van der Waals surface area contributed by atoms with Gasteiger partial charge in [-0.15, -0.1) is 0 Å². The second kappa shape index (κ2) is 6.63. The van der Waals surface area contributed by atoms with Gasteiger partial charge in [0.15, 0.2) is 0 Å². The minimum absolute atomic E-state index is 0.0766. The summed E-state index contributed by atoms with van der Waals surface area (Å²) in [5.41, 5.74) is 2.44. The Morgan fingerprint density at radius 3 is 2.47 bits per heavy atom. The normalized spacial score (nSPS) is 15.3. The van der Waals surface area contributed by atoms with Gasteiger partial charge in [-0.3, -0.25) is 0 Å². The molecule has 0 fully saturated rings. The fourth-order valence-corrected chi connectivity index (χ4v) is 2.66. The number of aliphatic hydroxyl groups is 1. The van der Waals surface area contributed by atoms with Crippen LogP contribution in [0.15, 0.2) is 24.3 Å². The van der Waals surface area contributed by atoms with E-state index in [1.165, 1.54) is 0 Å². The van der Waals surface area contributed by atoms with Gasteiger partial charge in [-0.2, -0.15) is 13.2 Å². The molecular formula is C13H18F3NOS. The van der Waals surface area contributed by atoms with Crippen molar-refractivity contribution in [3.05, 3.63) is 35.4 Å². The SMILES string of the molecule is Cc1cccc(C(CN)(CO)CCSC(F)(F)F)c1.